The number of hydrogen-bond acceptors (Lipinski definition) is 4. The summed E-state index contributed by atoms with van der Waals surface area (Å²) in [6.07, 6.45) is 4.69. The highest BCUT2D eigenvalue weighted by Crippen LogP contribution is 2.45. The number of rotatable bonds is 0. The Hall–Kier alpha value is -3.58. The van der Waals surface area contributed by atoms with E-state index < -0.39 is 11.9 Å². The molecule has 0 saturated heterocycles. The lowest BCUT2D eigenvalue weighted by atomic mass is 9.97. The van der Waals surface area contributed by atoms with Gasteiger partial charge in [-0.1, -0.05) is 60.4 Å². The Kier molecular flexibility index (Phi) is 4.29. The molecule has 0 N–H and O–H groups in total. The summed E-state index contributed by atoms with van der Waals surface area (Å²) in [6, 6.07) is 15.2. The maximum absolute atomic E-state index is 12.9. The predicted octanol–water partition coefficient (Wildman–Crippen LogP) is 3.69. The average molecular weight is 382 g/mol. The Bertz CT molecular complexity index is 1060. The van der Waals surface area contributed by atoms with Gasteiger partial charge in [-0.05, 0) is 18.6 Å². The molecule has 2 bridgehead atoms. The Balaban J connectivity index is 1.59. The zero-order valence-electron chi connectivity index (χ0n) is 15.7. The van der Waals surface area contributed by atoms with Crippen molar-refractivity contribution in [1.29, 1.82) is 0 Å². The lowest BCUT2D eigenvalue weighted by Crippen LogP contribution is -2.20. The van der Waals surface area contributed by atoms with Crippen LogP contribution in [-0.4, -0.2) is 11.9 Å². The summed E-state index contributed by atoms with van der Waals surface area (Å²) in [5.74, 6) is 5.28. The molecule has 142 valence electrons. The van der Waals surface area contributed by atoms with Crippen LogP contribution >= 0.6 is 0 Å². The van der Waals surface area contributed by atoms with Crippen molar-refractivity contribution in [3.05, 3.63) is 94.1 Å². The number of allylic oxidation sites excluding steroid dienone is 2. The smallest absolute Gasteiger partial charge is 0.335 e. The molecular formula is C25H18O4. The van der Waals surface area contributed by atoms with Crippen molar-refractivity contribution in [2.45, 2.75) is 19.6 Å². The molecule has 0 radical (unpaired) electrons. The molecule has 0 aromatic heterocycles. The molecule has 0 saturated carbocycles. The monoisotopic (exact) mass is 382 g/mol. The second-order valence-corrected chi connectivity index (χ2v) is 7.38. The van der Waals surface area contributed by atoms with Crippen molar-refractivity contribution in [3.8, 4) is 11.8 Å². The maximum Gasteiger partial charge on any atom is 0.335 e. The molecule has 3 aliphatic rings. The second-order valence-electron chi connectivity index (χ2n) is 7.38. The summed E-state index contributed by atoms with van der Waals surface area (Å²) in [7, 11) is 0. The number of ether oxygens (including phenoxy) is 2. The van der Waals surface area contributed by atoms with E-state index in [2.05, 4.69) is 11.8 Å². The van der Waals surface area contributed by atoms with Crippen molar-refractivity contribution in [2.75, 3.05) is 0 Å². The zero-order chi connectivity index (χ0) is 19.8. The molecule has 0 spiro atoms. The first-order valence-electron chi connectivity index (χ1n) is 9.65. The topological polar surface area (TPSA) is 52.6 Å². The largest absolute Gasteiger partial charge is 0.457 e. The Morgan fingerprint density at radius 3 is 1.62 bits per heavy atom. The van der Waals surface area contributed by atoms with Gasteiger partial charge in [0.05, 0.1) is 11.1 Å². The van der Waals surface area contributed by atoms with E-state index in [0.29, 0.717) is 11.1 Å². The van der Waals surface area contributed by atoms with Crippen LogP contribution in [0, 0.1) is 23.7 Å². The molecule has 2 atom stereocenters. The first-order chi connectivity index (χ1) is 14.2. The molecule has 0 amide bonds. The minimum Gasteiger partial charge on any atom is -0.457 e. The van der Waals surface area contributed by atoms with E-state index >= 15 is 0 Å². The van der Waals surface area contributed by atoms with Crippen molar-refractivity contribution in [1.82, 2.24) is 0 Å². The molecule has 29 heavy (non-hydrogen) atoms. The van der Waals surface area contributed by atoms with Crippen molar-refractivity contribution in [2.24, 2.45) is 11.8 Å². The molecule has 2 aromatic carbocycles. The predicted molar refractivity (Wildman–Crippen MR) is 106 cm³/mol. The van der Waals surface area contributed by atoms with E-state index in [1.165, 1.54) is 0 Å². The summed E-state index contributed by atoms with van der Waals surface area (Å²) in [5.41, 5.74) is 4.18. The SMILES string of the molecule is O=C1OCc2ccccc2C#Cc2ccccc2COC(=O)C2=C1[C@@H]1C=C[C@H]2C1. The summed E-state index contributed by atoms with van der Waals surface area (Å²) in [5, 5.41) is 0. The van der Waals surface area contributed by atoms with Gasteiger partial charge in [0.25, 0.3) is 0 Å². The van der Waals surface area contributed by atoms with Crippen LogP contribution in [0.1, 0.15) is 28.7 Å². The third kappa shape index (κ3) is 3.15. The highest BCUT2D eigenvalue weighted by molar-refractivity contribution is 6.03. The van der Waals surface area contributed by atoms with Crippen LogP contribution in [0.2, 0.25) is 0 Å². The highest BCUT2D eigenvalue weighted by atomic mass is 16.5. The summed E-state index contributed by atoms with van der Waals surface area (Å²) in [6.45, 7) is 0.219. The van der Waals surface area contributed by atoms with Crippen LogP contribution in [0.4, 0.5) is 0 Å². The number of cyclic esters (lactones) is 2. The lowest BCUT2D eigenvalue weighted by molar-refractivity contribution is -0.143. The number of hydrogen-bond donors (Lipinski definition) is 0. The molecule has 4 nitrogen and oxygen atoms in total. The molecule has 2 aromatic rings. The standard InChI is InChI=1S/C25H18O4/c26-24-22-18-11-12-19(13-18)23(22)25(27)29-15-21-8-4-2-6-17(21)10-9-16-5-1-3-7-20(16)14-28-24/h1-8,11-12,18-19H,13-15H2/t18-,19+. The fraction of sp³-hybridized carbons (Fsp3) is 0.200. The van der Waals surface area contributed by atoms with Gasteiger partial charge in [-0.2, -0.15) is 0 Å². The van der Waals surface area contributed by atoms with Crippen LogP contribution in [-0.2, 0) is 32.3 Å². The number of fused-ring (bicyclic) bond motifs is 6. The number of carbonyl (C=O) groups is 2. The molecular weight excluding hydrogens is 364 g/mol. The van der Waals surface area contributed by atoms with E-state index in [4.69, 9.17) is 9.47 Å². The second kappa shape index (κ2) is 7.10. The first-order valence-corrected chi connectivity index (χ1v) is 9.65. The van der Waals surface area contributed by atoms with E-state index in [9.17, 15) is 9.59 Å². The maximum atomic E-state index is 12.9. The third-order valence-electron chi connectivity index (χ3n) is 5.64. The van der Waals surface area contributed by atoms with Crippen LogP contribution in [0.15, 0.2) is 71.8 Å². The molecule has 1 heterocycles. The quantitative estimate of drug-likeness (QED) is 0.396. The van der Waals surface area contributed by atoms with Crippen LogP contribution in [0.5, 0.6) is 0 Å². The number of esters is 2. The number of benzene rings is 2. The minimum atomic E-state index is -0.450. The van der Waals surface area contributed by atoms with Gasteiger partial charge in [-0.3, -0.25) is 0 Å². The molecule has 1 aliphatic heterocycles. The third-order valence-corrected chi connectivity index (χ3v) is 5.64. The minimum absolute atomic E-state index is 0.0784. The molecule has 2 aliphatic carbocycles. The van der Waals surface area contributed by atoms with Crippen LogP contribution in [0.3, 0.4) is 0 Å². The highest BCUT2D eigenvalue weighted by Gasteiger charge is 2.43. The molecule has 0 unspecified atom stereocenters. The van der Waals surface area contributed by atoms with Crippen molar-refractivity contribution >= 4 is 11.9 Å². The Labute approximate surface area is 168 Å². The van der Waals surface area contributed by atoms with Gasteiger partial charge < -0.3 is 9.47 Å². The van der Waals surface area contributed by atoms with Gasteiger partial charge in [0.15, 0.2) is 0 Å². The summed E-state index contributed by atoms with van der Waals surface area (Å²) in [4.78, 5) is 25.7. The van der Waals surface area contributed by atoms with E-state index in [1.807, 2.05) is 60.7 Å². The van der Waals surface area contributed by atoms with E-state index in [1.54, 1.807) is 0 Å². The van der Waals surface area contributed by atoms with Gasteiger partial charge in [-0.15, -0.1) is 0 Å². The number of carbonyl (C=O) groups excluding carboxylic acids is 2. The normalized spacial score (nSPS) is 22.5. The average Bonchev–Trinajstić information content (AvgIpc) is 3.37. The fourth-order valence-electron chi connectivity index (χ4n) is 4.16. The summed E-state index contributed by atoms with van der Waals surface area (Å²) < 4.78 is 11.2. The van der Waals surface area contributed by atoms with Crippen LogP contribution in [0.25, 0.3) is 0 Å². The van der Waals surface area contributed by atoms with Gasteiger partial charge in [-0.25, -0.2) is 9.59 Å². The Morgan fingerprint density at radius 2 is 1.14 bits per heavy atom. The molecule has 0 fully saturated rings. The van der Waals surface area contributed by atoms with Gasteiger partial charge >= 0.3 is 11.9 Å². The van der Waals surface area contributed by atoms with Gasteiger partial charge in [0.2, 0.25) is 0 Å². The van der Waals surface area contributed by atoms with Crippen molar-refractivity contribution < 1.29 is 19.1 Å². The summed E-state index contributed by atoms with van der Waals surface area (Å²) >= 11 is 0. The van der Waals surface area contributed by atoms with E-state index in [-0.39, 0.29) is 25.0 Å². The van der Waals surface area contributed by atoms with Gasteiger partial charge in [0, 0.05) is 34.1 Å². The van der Waals surface area contributed by atoms with E-state index in [0.717, 1.165) is 28.7 Å². The molecule has 5 rings (SSSR count). The van der Waals surface area contributed by atoms with Gasteiger partial charge in [0.1, 0.15) is 13.2 Å². The van der Waals surface area contributed by atoms with Crippen LogP contribution < -0.4 is 0 Å². The lowest BCUT2D eigenvalue weighted by Gasteiger charge is -2.16. The first kappa shape index (κ1) is 17.5. The van der Waals surface area contributed by atoms with Crippen molar-refractivity contribution in [3.63, 3.8) is 0 Å². The zero-order valence-corrected chi connectivity index (χ0v) is 15.7. The fourth-order valence-corrected chi connectivity index (χ4v) is 4.16. The molecule has 4 heteroatoms. The Morgan fingerprint density at radius 1 is 0.690 bits per heavy atom.